The lowest BCUT2D eigenvalue weighted by Crippen LogP contribution is -2.30. The van der Waals surface area contributed by atoms with Crippen molar-refractivity contribution >= 4 is 0 Å². The van der Waals surface area contributed by atoms with E-state index in [1.165, 1.54) is 19.3 Å². The molecule has 1 aliphatic rings. The second-order valence-corrected chi connectivity index (χ2v) is 5.40. The Morgan fingerprint density at radius 2 is 2.00 bits per heavy atom. The van der Waals surface area contributed by atoms with Crippen molar-refractivity contribution in [3.63, 3.8) is 0 Å². The lowest BCUT2D eigenvalue weighted by Gasteiger charge is -2.29. The summed E-state index contributed by atoms with van der Waals surface area (Å²) in [6, 6.07) is 0. The van der Waals surface area contributed by atoms with E-state index in [0.717, 1.165) is 18.3 Å². The molecule has 1 N–H and O–H groups in total. The highest BCUT2D eigenvalue weighted by Gasteiger charge is 2.37. The number of hydrogen-bond acceptors (Lipinski definition) is 1. The van der Waals surface area contributed by atoms with Crippen molar-refractivity contribution in [1.82, 2.24) is 0 Å². The molecule has 1 saturated carbocycles. The molecule has 3 atom stereocenters. The summed E-state index contributed by atoms with van der Waals surface area (Å²) >= 11 is 0. The van der Waals surface area contributed by atoms with Gasteiger partial charge in [0, 0.05) is 0 Å². The molecule has 1 nitrogen and oxygen atoms in total. The molecule has 0 radical (unpaired) electrons. The molecule has 0 heterocycles. The Kier molecular flexibility index (Phi) is 3.39. The van der Waals surface area contributed by atoms with Gasteiger partial charge in [-0.2, -0.15) is 0 Å². The van der Waals surface area contributed by atoms with Gasteiger partial charge in [0.2, 0.25) is 0 Å². The Bertz CT molecular complexity index is 161. The highest BCUT2D eigenvalue weighted by Crippen LogP contribution is 2.40. The van der Waals surface area contributed by atoms with Crippen molar-refractivity contribution in [2.24, 2.45) is 17.8 Å². The number of rotatable bonds is 3. The Balaban J connectivity index is 2.45. The molecule has 0 saturated heterocycles. The fraction of sp³-hybridized carbons (Fsp3) is 1.00. The average Bonchev–Trinajstić information content (AvgIpc) is 2.30. The molecule has 0 aromatic heterocycles. The minimum Gasteiger partial charge on any atom is -0.390 e. The summed E-state index contributed by atoms with van der Waals surface area (Å²) in [4.78, 5) is 0. The van der Waals surface area contributed by atoms with Gasteiger partial charge in [0.15, 0.2) is 0 Å². The Morgan fingerprint density at radius 3 is 2.38 bits per heavy atom. The molecule has 78 valence electrons. The van der Waals surface area contributed by atoms with Gasteiger partial charge in [-0.1, -0.05) is 27.2 Å². The molecule has 1 heteroatoms. The fourth-order valence-corrected chi connectivity index (χ4v) is 2.31. The molecule has 0 aliphatic heterocycles. The van der Waals surface area contributed by atoms with Crippen LogP contribution in [0.4, 0.5) is 0 Å². The van der Waals surface area contributed by atoms with Crippen molar-refractivity contribution in [2.75, 3.05) is 0 Å². The van der Waals surface area contributed by atoms with E-state index in [0.29, 0.717) is 5.92 Å². The van der Waals surface area contributed by atoms with E-state index >= 15 is 0 Å². The summed E-state index contributed by atoms with van der Waals surface area (Å²) in [6.45, 7) is 8.86. The van der Waals surface area contributed by atoms with E-state index in [9.17, 15) is 5.11 Å². The van der Waals surface area contributed by atoms with Crippen LogP contribution in [0.15, 0.2) is 0 Å². The fourth-order valence-electron chi connectivity index (χ4n) is 2.31. The van der Waals surface area contributed by atoms with Crippen molar-refractivity contribution < 1.29 is 5.11 Å². The molecule has 1 aliphatic carbocycles. The Labute approximate surface area is 82.5 Å². The zero-order valence-corrected chi connectivity index (χ0v) is 9.51. The summed E-state index contributed by atoms with van der Waals surface area (Å²) in [5, 5.41) is 10.1. The lowest BCUT2D eigenvalue weighted by molar-refractivity contribution is 0.00987. The van der Waals surface area contributed by atoms with Gasteiger partial charge in [0.25, 0.3) is 0 Å². The average molecular weight is 184 g/mol. The first-order valence-electron chi connectivity index (χ1n) is 5.66. The largest absolute Gasteiger partial charge is 0.390 e. The Morgan fingerprint density at radius 1 is 1.38 bits per heavy atom. The quantitative estimate of drug-likeness (QED) is 0.714. The normalized spacial score (nSPS) is 36.9. The maximum Gasteiger partial charge on any atom is 0.0647 e. The van der Waals surface area contributed by atoms with Gasteiger partial charge in [0.05, 0.1) is 5.60 Å². The van der Waals surface area contributed by atoms with E-state index in [4.69, 9.17) is 0 Å². The van der Waals surface area contributed by atoms with E-state index in [1.807, 2.05) is 6.92 Å². The van der Waals surface area contributed by atoms with Crippen molar-refractivity contribution in [3.05, 3.63) is 0 Å². The van der Waals surface area contributed by atoms with Crippen LogP contribution < -0.4 is 0 Å². The smallest absolute Gasteiger partial charge is 0.0647 e. The van der Waals surface area contributed by atoms with E-state index in [-0.39, 0.29) is 5.60 Å². The zero-order valence-electron chi connectivity index (χ0n) is 9.51. The predicted octanol–water partition coefficient (Wildman–Crippen LogP) is 3.22. The third-order valence-corrected chi connectivity index (χ3v) is 3.91. The van der Waals surface area contributed by atoms with Crippen molar-refractivity contribution in [1.29, 1.82) is 0 Å². The first-order valence-corrected chi connectivity index (χ1v) is 5.66. The van der Waals surface area contributed by atoms with Gasteiger partial charge >= 0.3 is 0 Å². The standard InChI is InChI=1S/C12H24O/c1-9(2)10(3)8-11-6-5-7-12(11,4)13/h9-11,13H,5-8H2,1-4H3. The van der Waals surface area contributed by atoms with E-state index in [2.05, 4.69) is 20.8 Å². The van der Waals surface area contributed by atoms with E-state index < -0.39 is 0 Å². The molecule has 0 aromatic rings. The van der Waals surface area contributed by atoms with Gasteiger partial charge in [-0.15, -0.1) is 0 Å². The van der Waals surface area contributed by atoms with Crippen LogP contribution in [-0.2, 0) is 0 Å². The van der Waals surface area contributed by atoms with Crippen LogP contribution in [0.5, 0.6) is 0 Å². The minimum absolute atomic E-state index is 0.372. The molecular weight excluding hydrogens is 160 g/mol. The minimum atomic E-state index is -0.372. The van der Waals surface area contributed by atoms with Crippen LogP contribution >= 0.6 is 0 Å². The molecule has 3 unspecified atom stereocenters. The summed E-state index contributed by atoms with van der Waals surface area (Å²) in [6.07, 6.45) is 4.64. The maximum atomic E-state index is 10.1. The van der Waals surface area contributed by atoms with Gasteiger partial charge < -0.3 is 5.11 Å². The predicted molar refractivity (Wildman–Crippen MR) is 56.6 cm³/mol. The van der Waals surface area contributed by atoms with Gasteiger partial charge in [-0.3, -0.25) is 0 Å². The summed E-state index contributed by atoms with van der Waals surface area (Å²) in [5.41, 5.74) is -0.372. The highest BCUT2D eigenvalue weighted by atomic mass is 16.3. The van der Waals surface area contributed by atoms with Crippen LogP contribution in [0.3, 0.4) is 0 Å². The van der Waals surface area contributed by atoms with Gasteiger partial charge in [-0.25, -0.2) is 0 Å². The number of aliphatic hydroxyl groups is 1. The first-order chi connectivity index (χ1) is 5.93. The van der Waals surface area contributed by atoms with Gasteiger partial charge in [0.1, 0.15) is 0 Å². The van der Waals surface area contributed by atoms with Crippen molar-refractivity contribution in [3.8, 4) is 0 Å². The zero-order chi connectivity index (χ0) is 10.1. The maximum absolute atomic E-state index is 10.1. The van der Waals surface area contributed by atoms with Crippen LogP contribution in [0, 0.1) is 17.8 Å². The third kappa shape index (κ3) is 2.70. The SMILES string of the molecule is CC(C)C(C)CC1CCCC1(C)O. The van der Waals surface area contributed by atoms with Crippen molar-refractivity contribution in [2.45, 2.75) is 59.0 Å². The second kappa shape index (κ2) is 4.00. The lowest BCUT2D eigenvalue weighted by atomic mass is 9.81. The van der Waals surface area contributed by atoms with Crippen LogP contribution in [0.25, 0.3) is 0 Å². The van der Waals surface area contributed by atoms with Crippen LogP contribution in [-0.4, -0.2) is 10.7 Å². The second-order valence-electron chi connectivity index (χ2n) is 5.40. The molecule has 0 spiro atoms. The van der Waals surface area contributed by atoms with E-state index in [1.54, 1.807) is 0 Å². The number of hydrogen-bond donors (Lipinski definition) is 1. The molecule has 0 aromatic carbocycles. The van der Waals surface area contributed by atoms with Crippen LogP contribution in [0.1, 0.15) is 53.4 Å². The Hall–Kier alpha value is -0.0400. The van der Waals surface area contributed by atoms with Gasteiger partial charge in [-0.05, 0) is 43.9 Å². The molecular formula is C12H24O. The highest BCUT2D eigenvalue weighted by molar-refractivity contribution is 4.89. The summed E-state index contributed by atoms with van der Waals surface area (Å²) in [7, 11) is 0. The molecule has 1 rings (SSSR count). The topological polar surface area (TPSA) is 20.2 Å². The molecule has 1 fully saturated rings. The van der Waals surface area contributed by atoms with Crippen LogP contribution in [0.2, 0.25) is 0 Å². The molecule has 0 bridgehead atoms. The summed E-state index contributed by atoms with van der Waals surface area (Å²) < 4.78 is 0. The molecule has 0 amide bonds. The first kappa shape index (κ1) is 11.0. The molecule has 13 heavy (non-hydrogen) atoms. The monoisotopic (exact) mass is 184 g/mol. The third-order valence-electron chi connectivity index (χ3n) is 3.91. The summed E-state index contributed by atoms with van der Waals surface area (Å²) in [5.74, 6) is 2.04.